The van der Waals surface area contributed by atoms with Crippen molar-refractivity contribution in [3.63, 3.8) is 0 Å². The highest BCUT2D eigenvalue weighted by Crippen LogP contribution is 2.40. The van der Waals surface area contributed by atoms with E-state index in [9.17, 15) is 8.42 Å². The van der Waals surface area contributed by atoms with Crippen LogP contribution in [0.5, 0.6) is 0 Å². The number of hydrogen-bond donors (Lipinski definition) is 0. The monoisotopic (exact) mass is 352 g/mol. The predicted molar refractivity (Wildman–Crippen MR) is 88.9 cm³/mol. The van der Waals surface area contributed by atoms with E-state index < -0.39 is 10.0 Å². The van der Waals surface area contributed by atoms with E-state index >= 15 is 0 Å². The van der Waals surface area contributed by atoms with Crippen LogP contribution in [0.15, 0.2) is 24.5 Å². The predicted octanol–water partition coefficient (Wildman–Crippen LogP) is 1.71. The van der Waals surface area contributed by atoms with Crippen LogP contribution in [0.2, 0.25) is 0 Å². The topological polar surface area (TPSA) is 68.7 Å². The van der Waals surface area contributed by atoms with Crippen LogP contribution in [0.25, 0.3) is 0 Å². The van der Waals surface area contributed by atoms with Crippen LogP contribution in [0.3, 0.4) is 0 Å². The van der Waals surface area contributed by atoms with Crippen molar-refractivity contribution in [1.29, 1.82) is 0 Å². The fourth-order valence-corrected chi connectivity index (χ4v) is 5.53. The van der Waals surface area contributed by atoms with E-state index in [1.54, 1.807) is 10.5 Å². The van der Waals surface area contributed by atoms with E-state index in [1.807, 2.05) is 18.3 Å². The van der Waals surface area contributed by atoms with E-state index in [4.69, 9.17) is 9.47 Å². The van der Waals surface area contributed by atoms with Gasteiger partial charge in [-0.05, 0) is 37.3 Å². The van der Waals surface area contributed by atoms with Crippen molar-refractivity contribution in [1.82, 2.24) is 9.29 Å². The average molecular weight is 352 g/mol. The van der Waals surface area contributed by atoms with Gasteiger partial charge in [-0.2, -0.15) is 0 Å². The highest BCUT2D eigenvalue weighted by Gasteiger charge is 2.47. The molecule has 3 aliphatic rings. The van der Waals surface area contributed by atoms with Crippen molar-refractivity contribution in [3.05, 3.63) is 30.1 Å². The number of sulfonamides is 1. The first-order valence-corrected chi connectivity index (χ1v) is 10.2. The first kappa shape index (κ1) is 16.4. The van der Waals surface area contributed by atoms with Crippen LogP contribution >= 0.6 is 0 Å². The second-order valence-electron chi connectivity index (χ2n) is 7.14. The van der Waals surface area contributed by atoms with Gasteiger partial charge in [-0.3, -0.25) is 4.98 Å². The van der Waals surface area contributed by atoms with Crippen LogP contribution in [-0.4, -0.2) is 54.4 Å². The minimum Gasteiger partial charge on any atom is -0.372 e. The van der Waals surface area contributed by atoms with Crippen molar-refractivity contribution >= 4 is 10.0 Å². The quantitative estimate of drug-likeness (QED) is 0.807. The maximum atomic E-state index is 12.3. The second-order valence-corrected chi connectivity index (χ2v) is 9.35. The zero-order chi connectivity index (χ0) is 16.6. The molecular weight excluding hydrogens is 328 g/mol. The summed E-state index contributed by atoms with van der Waals surface area (Å²) in [5.74, 6) is 0. The fourth-order valence-electron chi connectivity index (χ4n) is 3.68. The second kappa shape index (κ2) is 6.37. The molecule has 1 aromatic heterocycles. The minimum atomic E-state index is -3.06. The summed E-state index contributed by atoms with van der Waals surface area (Å²) in [7, 11) is -3.06. The van der Waals surface area contributed by atoms with Gasteiger partial charge >= 0.3 is 0 Å². The molecule has 1 unspecified atom stereocenters. The van der Waals surface area contributed by atoms with Gasteiger partial charge in [0.05, 0.1) is 30.2 Å². The molecule has 1 aliphatic carbocycles. The molecule has 24 heavy (non-hydrogen) atoms. The number of piperidine rings is 1. The first-order valence-electron chi connectivity index (χ1n) is 8.71. The van der Waals surface area contributed by atoms with Crippen LogP contribution in [0.1, 0.15) is 37.7 Å². The van der Waals surface area contributed by atoms with Gasteiger partial charge in [0, 0.05) is 31.9 Å². The number of rotatable bonds is 5. The number of hydrogen-bond acceptors (Lipinski definition) is 5. The molecular formula is C17H24N2O4S. The Hall–Kier alpha value is -1.02. The molecule has 1 atom stereocenters. The Labute approximate surface area is 143 Å². The first-order chi connectivity index (χ1) is 11.6. The molecule has 1 spiro atoms. The van der Waals surface area contributed by atoms with Crippen LogP contribution < -0.4 is 0 Å². The SMILES string of the molecule is O=S(=O)(C1CC1)N1CCC2(CC1)CC(OCc1cccnc1)CO2. The molecule has 6 nitrogen and oxygen atoms in total. The lowest BCUT2D eigenvalue weighted by Crippen LogP contribution is -2.47. The lowest BCUT2D eigenvalue weighted by molar-refractivity contribution is -0.0343. The number of pyridine rings is 1. The third-order valence-electron chi connectivity index (χ3n) is 5.32. The van der Waals surface area contributed by atoms with E-state index in [0.717, 1.165) is 37.7 Å². The Balaban J connectivity index is 1.29. The molecule has 1 saturated carbocycles. The number of ether oxygens (including phenoxy) is 2. The zero-order valence-corrected chi connectivity index (χ0v) is 14.6. The van der Waals surface area contributed by atoms with E-state index in [1.165, 1.54) is 0 Å². The third kappa shape index (κ3) is 3.35. The van der Waals surface area contributed by atoms with Gasteiger partial charge in [-0.25, -0.2) is 12.7 Å². The normalized spacial score (nSPS) is 27.6. The maximum Gasteiger partial charge on any atom is 0.216 e. The summed E-state index contributed by atoms with van der Waals surface area (Å²) in [4.78, 5) is 4.09. The molecule has 2 aliphatic heterocycles. The average Bonchev–Trinajstić information content (AvgIpc) is 3.39. The molecule has 4 rings (SSSR count). The highest BCUT2D eigenvalue weighted by molar-refractivity contribution is 7.90. The molecule has 0 amide bonds. The Morgan fingerprint density at radius 3 is 2.79 bits per heavy atom. The van der Waals surface area contributed by atoms with Crippen molar-refractivity contribution in [2.24, 2.45) is 0 Å². The lowest BCUT2D eigenvalue weighted by atomic mass is 9.89. The summed E-state index contributed by atoms with van der Waals surface area (Å²) in [5.41, 5.74) is 0.860. The summed E-state index contributed by atoms with van der Waals surface area (Å²) in [6, 6.07) is 3.90. The molecule has 2 saturated heterocycles. The Morgan fingerprint density at radius 1 is 1.33 bits per heavy atom. The van der Waals surface area contributed by atoms with Gasteiger partial charge < -0.3 is 9.47 Å². The van der Waals surface area contributed by atoms with Crippen molar-refractivity contribution < 1.29 is 17.9 Å². The molecule has 0 aromatic carbocycles. The zero-order valence-electron chi connectivity index (χ0n) is 13.8. The highest BCUT2D eigenvalue weighted by atomic mass is 32.2. The smallest absolute Gasteiger partial charge is 0.216 e. The van der Waals surface area contributed by atoms with Gasteiger partial charge in [0.25, 0.3) is 0 Å². The molecule has 7 heteroatoms. The molecule has 132 valence electrons. The van der Waals surface area contributed by atoms with Crippen LogP contribution in [0.4, 0.5) is 0 Å². The largest absolute Gasteiger partial charge is 0.372 e. The molecule has 3 heterocycles. The third-order valence-corrected chi connectivity index (χ3v) is 7.72. The summed E-state index contributed by atoms with van der Waals surface area (Å²) in [6.07, 6.45) is 7.68. The van der Waals surface area contributed by atoms with Gasteiger partial charge in [-0.15, -0.1) is 0 Å². The Morgan fingerprint density at radius 2 is 2.12 bits per heavy atom. The van der Waals surface area contributed by atoms with Gasteiger partial charge in [-0.1, -0.05) is 6.07 Å². The molecule has 0 radical (unpaired) electrons. The van der Waals surface area contributed by atoms with Crippen LogP contribution in [0, 0.1) is 0 Å². The van der Waals surface area contributed by atoms with Gasteiger partial charge in [0.2, 0.25) is 10.0 Å². The van der Waals surface area contributed by atoms with Crippen molar-refractivity contribution in [3.8, 4) is 0 Å². The fraction of sp³-hybridized carbons (Fsp3) is 0.706. The maximum absolute atomic E-state index is 12.3. The lowest BCUT2D eigenvalue weighted by Gasteiger charge is -2.38. The summed E-state index contributed by atoms with van der Waals surface area (Å²) < 4.78 is 38.3. The summed E-state index contributed by atoms with van der Waals surface area (Å²) in [6.45, 7) is 2.29. The van der Waals surface area contributed by atoms with Crippen molar-refractivity contribution in [2.45, 2.75) is 55.7 Å². The standard InChI is InChI=1S/C17H24N2O4S/c20-24(21,16-3-4-16)19-8-5-17(6-9-19)10-15(13-23-17)22-12-14-2-1-7-18-11-14/h1-2,7,11,15-16H,3-6,8-10,12-13H2. The van der Waals surface area contributed by atoms with E-state index in [0.29, 0.717) is 26.3 Å². The summed E-state index contributed by atoms with van der Waals surface area (Å²) in [5, 5.41) is -0.119. The summed E-state index contributed by atoms with van der Waals surface area (Å²) >= 11 is 0. The van der Waals surface area contributed by atoms with Crippen LogP contribution in [-0.2, 0) is 26.1 Å². The molecule has 0 bridgehead atoms. The molecule has 3 fully saturated rings. The van der Waals surface area contributed by atoms with E-state index in [-0.39, 0.29) is 17.0 Å². The van der Waals surface area contributed by atoms with E-state index in [2.05, 4.69) is 4.98 Å². The Kier molecular flexibility index (Phi) is 4.36. The molecule has 1 aromatic rings. The van der Waals surface area contributed by atoms with Gasteiger partial charge in [0.1, 0.15) is 0 Å². The number of nitrogens with zero attached hydrogens (tertiary/aromatic N) is 2. The van der Waals surface area contributed by atoms with Crippen molar-refractivity contribution in [2.75, 3.05) is 19.7 Å². The Bertz CT molecular complexity index is 667. The van der Waals surface area contributed by atoms with Gasteiger partial charge in [0.15, 0.2) is 0 Å². The number of aromatic nitrogens is 1. The minimum absolute atomic E-state index is 0.0804. The molecule has 0 N–H and O–H groups in total.